The van der Waals surface area contributed by atoms with E-state index >= 15 is 0 Å². The highest BCUT2D eigenvalue weighted by atomic mass is 16.5. The standard InChI is InChI=1S/C32H52O3/c1-20(2)22-11-16-32(19-33)18-17-30(7)23(27(22)32)9-10-25-29(6)14-13-26(35-21(3)34)28(4,5)24(29)12-15-31(25,30)8/h22-27,33H,1,9-19H2,2-8H3/t22?,23?,24?,25?,26-,27?,29-,30+,31+,32+/m0/s1. The van der Waals surface area contributed by atoms with Gasteiger partial charge >= 0.3 is 5.97 Å². The molecule has 198 valence electrons. The van der Waals surface area contributed by atoms with Gasteiger partial charge in [0.1, 0.15) is 6.10 Å². The monoisotopic (exact) mass is 484 g/mol. The Hall–Kier alpha value is -0.830. The third-order valence-corrected chi connectivity index (χ3v) is 13.8. The predicted molar refractivity (Wildman–Crippen MR) is 142 cm³/mol. The van der Waals surface area contributed by atoms with Crippen LogP contribution in [0, 0.1) is 56.7 Å². The SMILES string of the molecule is C=C(C)C1CC[C@]2(CO)CC[C@]3(C)C(CCC4[C@@]5(C)CC[C@H](OC(C)=O)C(C)(C)C5CC[C@]43C)C12. The summed E-state index contributed by atoms with van der Waals surface area (Å²) in [5.41, 5.74) is 2.45. The van der Waals surface area contributed by atoms with Crippen LogP contribution < -0.4 is 0 Å². The van der Waals surface area contributed by atoms with E-state index < -0.39 is 0 Å². The molecule has 3 heteroatoms. The van der Waals surface area contributed by atoms with Gasteiger partial charge in [0.2, 0.25) is 0 Å². The first-order valence-electron chi connectivity index (χ1n) is 14.7. The van der Waals surface area contributed by atoms with E-state index in [1.807, 2.05) is 0 Å². The number of hydrogen-bond donors (Lipinski definition) is 1. The molecule has 3 nitrogen and oxygen atoms in total. The second-order valence-electron chi connectivity index (χ2n) is 15.2. The molecule has 0 radical (unpaired) electrons. The van der Waals surface area contributed by atoms with Gasteiger partial charge in [0, 0.05) is 18.9 Å². The van der Waals surface area contributed by atoms with Crippen molar-refractivity contribution in [2.75, 3.05) is 6.61 Å². The van der Waals surface area contributed by atoms with E-state index in [4.69, 9.17) is 4.74 Å². The van der Waals surface area contributed by atoms with Crippen molar-refractivity contribution in [3.8, 4) is 0 Å². The van der Waals surface area contributed by atoms with E-state index in [9.17, 15) is 9.90 Å². The first-order valence-corrected chi connectivity index (χ1v) is 14.7. The van der Waals surface area contributed by atoms with Gasteiger partial charge in [-0.25, -0.2) is 0 Å². The fraction of sp³-hybridized carbons (Fsp3) is 0.906. The third-order valence-electron chi connectivity index (χ3n) is 13.8. The molecular formula is C32H52O3. The van der Waals surface area contributed by atoms with Crippen molar-refractivity contribution in [1.29, 1.82) is 0 Å². The summed E-state index contributed by atoms with van der Waals surface area (Å²) in [7, 11) is 0. The van der Waals surface area contributed by atoms with Crippen LogP contribution in [-0.2, 0) is 9.53 Å². The zero-order valence-electron chi connectivity index (χ0n) is 23.7. The molecule has 0 aromatic heterocycles. The van der Waals surface area contributed by atoms with Gasteiger partial charge in [-0.1, -0.05) is 46.8 Å². The molecular weight excluding hydrogens is 432 g/mol. The summed E-state index contributed by atoms with van der Waals surface area (Å²) < 4.78 is 5.90. The van der Waals surface area contributed by atoms with Crippen LogP contribution in [0.25, 0.3) is 0 Å². The van der Waals surface area contributed by atoms with Crippen LogP contribution in [0.5, 0.6) is 0 Å². The summed E-state index contributed by atoms with van der Waals surface area (Å²) in [6.45, 7) is 21.3. The molecule has 35 heavy (non-hydrogen) atoms. The molecule has 5 saturated carbocycles. The Morgan fingerprint density at radius 3 is 2.20 bits per heavy atom. The van der Waals surface area contributed by atoms with Crippen LogP contribution in [0.2, 0.25) is 0 Å². The van der Waals surface area contributed by atoms with Crippen molar-refractivity contribution in [2.45, 2.75) is 119 Å². The number of esters is 1. The molecule has 10 atom stereocenters. The first kappa shape index (κ1) is 25.8. The maximum absolute atomic E-state index is 11.9. The number of carbonyl (C=O) groups excluding carboxylic acids is 1. The van der Waals surface area contributed by atoms with Gasteiger partial charge in [-0.05, 0) is 122 Å². The highest BCUT2D eigenvalue weighted by Gasteiger charge is 2.71. The van der Waals surface area contributed by atoms with E-state index in [2.05, 4.69) is 48.1 Å². The fourth-order valence-corrected chi connectivity index (χ4v) is 11.9. The average molecular weight is 485 g/mol. The van der Waals surface area contributed by atoms with Crippen molar-refractivity contribution in [1.82, 2.24) is 0 Å². The topological polar surface area (TPSA) is 46.5 Å². The molecule has 0 bridgehead atoms. The molecule has 0 saturated heterocycles. The third kappa shape index (κ3) is 3.28. The Labute approximate surface area is 214 Å². The number of aliphatic hydroxyl groups is 1. The second kappa shape index (κ2) is 8.08. The van der Waals surface area contributed by atoms with Gasteiger partial charge < -0.3 is 9.84 Å². The van der Waals surface area contributed by atoms with Crippen molar-refractivity contribution >= 4 is 5.97 Å². The fourth-order valence-electron chi connectivity index (χ4n) is 11.9. The lowest BCUT2D eigenvalue weighted by Gasteiger charge is -2.73. The Morgan fingerprint density at radius 1 is 0.857 bits per heavy atom. The number of rotatable bonds is 3. The minimum absolute atomic E-state index is 0.0207. The summed E-state index contributed by atoms with van der Waals surface area (Å²) >= 11 is 0. The molecule has 0 aromatic carbocycles. The highest BCUT2D eigenvalue weighted by Crippen LogP contribution is 2.77. The lowest BCUT2D eigenvalue weighted by molar-refractivity contribution is -0.251. The lowest BCUT2D eigenvalue weighted by Crippen LogP contribution is -2.67. The van der Waals surface area contributed by atoms with Crippen molar-refractivity contribution in [3.63, 3.8) is 0 Å². The molecule has 0 aliphatic heterocycles. The Morgan fingerprint density at radius 2 is 1.57 bits per heavy atom. The van der Waals surface area contributed by atoms with E-state index in [-0.39, 0.29) is 22.9 Å². The molecule has 5 aliphatic rings. The number of hydrogen-bond acceptors (Lipinski definition) is 3. The van der Waals surface area contributed by atoms with Gasteiger partial charge in [0.15, 0.2) is 0 Å². The molecule has 1 N–H and O–H groups in total. The van der Waals surface area contributed by atoms with Gasteiger partial charge in [-0.2, -0.15) is 0 Å². The minimum Gasteiger partial charge on any atom is -0.462 e. The average Bonchev–Trinajstić information content (AvgIpc) is 3.16. The molecule has 0 aromatic rings. The summed E-state index contributed by atoms with van der Waals surface area (Å²) in [5.74, 6) is 3.07. The normalized spacial score (nSPS) is 52.5. The molecule has 0 heterocycles. The van der Waals surface area contributed by atoms with Crippen molar-refractivity contribution < 1.29 is 14.6 Å². The molecule has 5 rings (SSSR count). The zero-order chi connectivity index (χ0) is 25.6. The number of fused-ring (bicyclic) bond motifs is 7. The lowest BCUT2D eigenvalue weighted by atomic mass is 9.32. The van der Waals surface area contributed by atoms with Crippen LogP contribution in [0.1, 0.15) is 113 Å². The highest BCUT2D eigenvalue weighted by molar-refractivity contribution is 5.66. The molecule has 0 spiro atoms. The van der Waals surface area contributed by atoms with E-state index in [1.165, 1.54) is 63.4 Å². The Bertz CT molecular complexity index is 891. The number of allylic oxidation sites excluding steroid dienone is 1. The maximum Gasteiger partial charge on any atom is 0.302 e. The quantitative estimate of drug-likeness (QED) is 0.332. The second-order valence-corrected chi connectivity index (χ2v) is 15.2. The summed E-state index contributed by atoms with van der Waals surface area (Å²) in [6.07, 6.45) is 12.2. The molecule has 5 unspecified atom stereocenters. The number of ether oxygens (including phenoxy) is 1. The molecule has 5 fully saturated rings. The van der Waals surface area contributed by atoms with E-state index in [1.54, 1.807) is 6.92 Å². The summed E-state index contributed by atoms with van der Waals surface area (Å²) in [6, 6.07) is 0. The largest absolute Gasteiger partial charge is 0.462 e. The van der Waals surface area contributed by atoms with Crippen LogP contribution in [-0.4, -0.2) is 23.8 Å². The van der Waals surface area contributed by atoms with Gasteiger partial charge in [-0.15, -0.1) is 0 Å². The Kier molecular flexibility index (Phi) is 5.96. The predicted octanol–water partition coefficient (Wildman–Crippen LogP) is 7.57. The zero-order valence-corrected chi connectivity index (χ0v) is 23.7. The Balaban J connectivity index is 1.51. The maximum atomic E-state index is 11.9. The molecule has 5 aliphatic carbocycles. The number of aliphatic hydroxyl groups excluding tert-OH is 1. The summed E-state index contributed by atoms with van der Waals surface area (Å²) in [4.78, 5) is 11.9. The van der Waals surface area contributed by atoms with Crippen LogP contribution in [0.15, 0.2) is 12.2 Å². The molecule has 0 amide bonds. The van der Waals surface area contributed by atoms with E-state index in [0.29, 0.717) is 46.5 Å². The van der Waals surface area contributed by atoms with Crippen LogP contribution in [0.4, 0.5) is 0 Å². The van der Waals surface area contributed by atoms with Crippen molar-refractivity contribution in [3.05, 3.63) is 12.2 Å². The summed E-state index contributed by atoms with van der Waals surface area (Å²) in [5, 5.41) is 10.7. The van der Waals surface area contributed by atoms with Gasteiger partial charge in [0.05, 0.1) is 0 Å². The van der Waals surface area contributed by atoms with Crippen LogP contribution >= 0.6 is 0 Å². The van der Waals surface area contributed by atoms with Crippen molar-refractivity contribution in [2.24, 2.45) is 56.7 Å². The number of carbonyl (C=O) groups is 1. The van der Waals surface area contributed by atoms with Crippen LogP contribution in [0.3, 0.4) is 0 Å². The minimum atomic E-state index is -0.126. The smallest absolute Gasteiger partial charge is 0.302 e. The van der Waals surface area contributed by atoms with E-state index in [0.717, 1.165) is 12.3 Å². The van der Waals surface area contributed by atoms with Gasteiger partial charge in [0.25, 0.3) is 0 Å². The first-order chi connectivity index (χ1) is 16.3. The van der Waals surface area contributed by atoms with Gasteiger partial charge in [-0.3, -0.25) is 4.79 Å².